The first kappa shape index (κ1) is 9.52. The molecule has 0 atom stereocenters. The van der Waals surface area contributed by atoms with E-state index in [1.165, 1.54) is 11.3 Å². The van der Waals surface area contributed by atoms with Crippen molar-refractivity contribution < 1.29 is 0 Å². The van der Waals surface area contributed by atoms with Gasteiger partial charge in [0.05, 0.1) is 5.69 Å². The molecule has 0 saturated heterocycles. The van der Waals surface area contributed by atoms with Crippen molar-refractivity contribution in [2.45, 2.75) is 33.4 Å². The van der Waals surface area contributed by atoms with Gasteiger partial charge in [-0.3, -0.25) is 4.90 Å². The van der Waals surface area contributed by atoms with Crippen LogP contribution in [0.3, 0.4) is 0 Å². The van der Waals surface area contributed by atoms with E-state index in [1.807, 2.05) is 4.68 Å². The number of nitrogen functional groups attached to an aromatic ring is 1. The summed E-state index contributed by atoms with van der Waals surface area (Å²) in [5, 5.41) is 4.52. The lowest BCUT2D eigenvalue weighted by atomic mass is 10.1. The van der Waals surface area contributed by atoms with Gasteiger partial charge >= 0.3 is 0 Å². The van der Waals surface area contributed by atoms with Crippen molar-refractivity contribution in [1.29, 1.82) is 0 Å². The minimum Gasteiger partial charge on any atom is -0.384 e. The fourth-order valence-electron chi connectivity index (χ4n) is 2.03. The highest BCUT2D eigenvalue weighted by Crippen LogP contribution is 2.23. The molecule has 78 valence electrons. The zero-order valence-electron chi connectivity index (χ0n) is 8.95. The fraction of sp³-hybridized carbons (Fsp3) is 0.700. The Bertz CT molecular complexity index is 329. The highest BCUT2D eigenvalue weighted by Gasteiger charge is 2.21. The fourth-order valence-corrected chi connectivity index (χ4v) is 2.03. The minimum atomic E-state index is 0.866. The standard InChI is InChI=1S/C10H18N4/c1-3-13-6-5-8-9(7-13)12-14(4-2)10(8)11/h3-7,11H2,1-2H3. The zero-order valence-corrected chi connectivity index (χ0v) is 8.95. The Morgan fingerprint density at radius 1 is 1.36 bits per heavy atom. The first-order valence-corrected chi connectivity index (χ1v) is 5.32. The number of aryl methyl sites for hydroxylation is 1. The summed E-state index contributed by atoms with van der Waals surface area (Å²) in [4.78, 5) is 2.40. The van der Waals surface area contributed by atoms with Crippen molar-refractivity contribution >= 4 is 5.82 Å². The summed E-state index contributed by atoms with van der Waals surface area (Å²) in [7, 11) is 0. The van der Waals surface area contributed by atoms with Gasteiger partial charge in [0.1, 0.15) is 5.82 Å². The smallest absolute Gasteiger partial charge is 0.125 e. The zero-order chi connectivity index (χ0) is 10.1. The molecule has 0 fully saturated rings. The lowest BCUT2D eigenvalue weighted by Crippen LogP contribution is -2.30. The van der Waals surface area contributed by atoms with E-state index < -0.39 is 0 Å². The summed E-state index contributed by atoms with van der Waals surface area (Å²) in [6, 6.07) is 0. The van der Waals surface area contributed by atoms with Crippen LogP contribution in [0.15, 0.2) is 0 Å². The molecular formula is C10H18N4. The Hall–Kier alpha value is -1.03. The van der Waals surface area contributed by atoms with Crippen LogP contribution in [0.5, 0.6) is 0 Å². The van der Waals surface area contributed by atoms with E-state index in [4.69, 9.17) is 5.73 Å². The third-order valence-electron chi connectivity index (χ3n) is 2.98. The van der Waals surface area contributed by atoms with Crippen molar-refractivity contribution in [1.82, 2.24) is 14.7 Å². The highest BCUT2D eigenvalue weighted by atomic mass is 15.3. The molecule has 0 radical (unpaired) electrons. The maximum Gasteiger partial charge on any atom is 0.125 e. The summed E-state index contributed by atoms with van der Waals surface area (Å²) in [6.45, 7) is 8.30. The van der Waals surface area contributed by atoms with Crippen molar-refractivity contribution in [3.63, 3.8) is 0 Å². The summed E-state index contributed by atoms with van der Waals surface area (Å²) in [5.41, 5.74) is 8.46. The molecular weight excluding hydrogens is 176 g/mol. The van der Waals surface area contributed by atoms with Gasteiger partial charge in [-0.05, 0) is 19.9 Å². The summed E-state index contributed by atoms with van der Waals surface area (Å²) in [6.07, 6.45) is 1.05. The molecule has 0 amide bonds. The van der Waals surface area contributed by atoms with Crippen LogP contribution in [0.2, 0.25) is 0 Å². The SMILES string of the molecule is CCN1CCc2c(nn(CC)c2N)C1. The molecule has 1 aliphatic heterocycles. The number of hydrogen-bond acceptors (Lipinski definition) is 3. The van der Waals surface area contributed by atoms with E-state index in [0.29, 0.717) is 0 Å². The molecule has 1 aliphatic rings. The van der Waals surface area contributed by atoms with E-state index in [1.54, 1.807) is 0 Å². The second-order valence-electron chi connectivity index (χ2n) is 3.75. The van der Waals surface area contributed by atoms with Gasteiger partial charge in [0.15, 0.2) is 0 Å². The molecule has 2 rings (SSSR count). The first-order valence-electron chi connectivity index (χ1n) is 5.32. The van der Waals surface area contributed by atoms with Crippen LogP contribution in [-0.4, -0.2) is 27.8 Å². The summed E-state index contributed by atoms with van der Waals surface area (Å²) < 4.78 is 1.91. The number of likely N-dealkylation sites (N-methyl/N-ethyl adjacent to an activating group) is 1. The lowest BCUT2D eigenvalue weighted by molar-refractivity contribution is 0.264. The molecule has 4 heteroatoms. The topological polar surface area (TPSA) is 47.1 Å². The van der Waals surface area contributed by atoms with Gasteiger partial charge in [-0.15, -0.1) is 0 Å². The number of fused-ring (bicyclic) bond motifs is 1. The molecule has 0 aliphatic carbocycles. The molecule has 2 N–H and O–H groups in total. The minimum absolute atomic E-state index is 0.866. The van der Waals surface area contributed by atoms with Gasteiger partial charge in [0, 0.05) is 25.2 Å². The van der Waals surface area contributed by atoms with Crippen LogP contribution in [0.25, 0.3) is 0 Å². The maximum absolute atomic E-state index is 6.00. The molecule has 1 aromatic rings. The Morgan fingerprint density at radius 2 is 2.14 bits per heavy atom. The Balaban J connectivity index is 2.30. The third kappa shape index (κ3) is 1.39. The molecule has 4 nitrogen and oxygen atoms in total. The van der Waals surface area contributed by atoms with Crippen LogP contribution in [-0.2, 0) is 19.5 Å². The second kappa shape index (κ2) is 3.61. The predicted molar refractivity (Wildman–Crippen MR) is 57.0 cm³/mol. The van der Waals surface area contributed by atoms with Crippen LogP contribution < -0.4 is 5.73 Å². The van der Waals surface area contributed by atoms with E-state index in [2.05, 4.69) is 23.8 Å². The quantitative estimate of drug-likeness (QED) is 0.759. The Morgan fingerprint density at radius 3 is 2.79 bits per heavy atom. The molecule has 2 heterocycles. The van der Waals surface area contributed by atoms with Crippen LogP contribution in [0.1, 0.15) is 25.1 Å². The maximum atomic E-state index is 6.00. The molecule has 14 heavy (non-hydrogen) atoms. The number of anilines is 1. The lowest BCUT2D eigenvalue weighted by Gasteiger charge is -2.24. The molecule has 0 bridgehead atoms. The van der Waals surface area contributed by atoms with Gasteiger partial charge < -0.3 is 5.73 Å². The average Bonchev–Trinajstić information content (AvgIpc) is 2.55. The number of nitrogens with zero attached hydrogens (tertiary/aromatic N) is 3. The van der Waals surface area contributed by atoms with Crippen LogP contribution >= 0.6 is 0 Å². The van der Waals surface area contributed by atoms with Crippen LogP contribution in [0, 0.1) is 0 Å². The van der Waals surface area contributed by atoms with Gasteiger partial charge in [0.25, 0.3) is 0 Å². The monoisotopic (exact) mass is 194 g/mol. The van der Waals surface area contributed by atoms with Gasteiger partial charge in [-0.2, -0.15) is 5.10 Å². The second-order valence-corrected chi connectivity index (χ2v) is 3.75. The normalized spacial score (nSPS) is 17.0. The third-order valence-corrected chi connectivity index (χ3v) is 2.98. The van der Waals surface area contributed by atoms with Crippen molar-refractivity contribution in [3.05, 3.63) is 11.3 Å². The molecule has 1 aromatic heterocycles. The summed E-state index contributed by atoms with van der Waals surface area (Å²) >= 11 is 0. The number of aromatic nitrogens is 2. The largest absolute Gasteiger partial charge is 0.384 e. The van der Waals surface area contributed by atoms with Crippen LogP contribution in [0.4, 0.5) is 5.82 Å². The number of nitrogens with two attached hydrogens (primary N) is 1. The van der Waals surface area contributed by atoms with Crippen molar-refractivity contribution in [3.8, 4) is 0 Å². The van der Waals surface area contributed by atoms with Gasteiger partial charge in [-0.1, -0.05) is 6.92 Å². The van der Waals surface area contributed by atoms with E-state index in [0.717, 1.165) is 38.4 Å². The molecule has 0 aromatic carbocycles. The average molecular weight is 194 g/mol. The van der Waals surface area contributed by atoms with Crippen molar-refractivity contribution in [2.24, 2.45) is 0 Å². The Labute approximate surface area is 84.7 Å². The number of rotatable bonds is 2. The molecule has 0 unspecified atom stereocenters. The number of hydrogen-bond donors (Lipinski definition) is 1. The molecule has 0 spiro atoms. The van der Waals surface area contributed by atoms with Crippen molar-refractivity contribution in [2.75, 3.05) is 18.8 Å². The Kier molecular flexibility index (Phi) is 2.46. The summed E-state index contributed by atoms with van der Waals surface area (Å²) in [5.74, 6) is 0.873. The van der Waals surface area contributed by atoms with Gasteiger partial charge in [0.2, 0.25) is 0 Å². The predicted octanol–water partition coefficient (Wildman–Crippen LogP) is 0.863. The van der Waals surface area contributed by atoms with E-state index in [9.17, 15) is 0 Å². The first-order chi connectivity index (χ1) is 6.76. The molecule has 0 saturated carbocycles. The van der Waals surface area contributed by atoms with Gasteiger partial charge in [-0.25, -0.2) is 4.68 Å². The highest BCUT2D eigenvalue weighted by molar-refractivity contribution is 5.44. The van der Waals surface area contributed by atoms with E-state index in [-0.39, 0.29) is 0 Å². The van der Waals surface area contributed by atoms with E-state index >= 15 is 0 Å².